The zero-order valence-electron chi connectivity index (χ0n) is 15.0. The third kappa shape index (κ3) is 5.32. The maximum atomic E-state index is 13.5. The van der Waals surface area contributed by atoms with E-state index in [1.807, 2.05) is 5.32 Å². The molecule has 6 nitrogen and oxygen atoms in total. The van der Waals surface area contributed by atoms with Crippen LogP contribution in [0.3, 0.4) is 0 Å². The van der Waals surface area contributed by atoms with Crippen LogP contribution >= 0.6 is 0 Å². The van der Waals surface area contributed by atoms with Crippen molar-refractivity contribution >= 4 is 23.3 Å². The molecule has 9 heteroatoms. The number of carbonyl (C=O) groups excluding carboxylic acids is 3. The number of Topliss-reactive ketones (excluding diaryl/α,β-unsaturated/α-hetero) is 1. The third-order valence-corrected chi connectivity index (χ3v) is 3.66. The van der Waals surface area contributed by atoms with Gasteiger partial charge in [0.05, 0.1) is 12.2 Å². The van der Waals surface area contributed by atoms with E-state index in [0.717, 1.165) is 6.07 Å². The highest BCUT2D eigenvalue weighted by molar-refractivity contribution is 5.95. The summed E-state index contributed by atoms with van der Waals surface area (Å²) < 4.78 is 44.9. The lowest BCUT2D eigenvalue weighted by Crippen LogP contribution is -2.40. The van der Waals surface area contributed by atoms with E-state index >= 15 is 0 Å². The Morgan fingerprint density at radius 3 is 2.46 bits per heavy atom. The van der Waals surface area contributed by atoms with Gasteiger partial charge in [-0.3, -0.25) is 14.4 Å². The number of anilines is 1. The molecule has 1 atom stereocenters. The zero-order chi connectivity index (χ0) is 20.8. The van der Waals surface area contributed by atoms with Crippen molar-refractivity contribution in [2.75, 3.05) is 11.9 Å². The number of halogens is 3. The van der Waals surface area contributed by atoms with E-state index in [9.17, 15) is 27.6 Å². The van der Waals surface area contributed by atoms with Crippen LogP contribution in [-0.4, -0.2) is 30.2 Å². The smallest absolute Gasteiger partial charge is 0.261 e. The Hall–Kier alpha value is -3.36. The summed E-state index contributed by atoms with van der Waals surface area (Å²) in [5.74, 6) is -5.99. The van der Waals surface area contributed by atoms with Crippen molar-refractivity contribution in [3.05, 3.63) is 59.4 Å². The SMILES string of the molecule is CC(=O)c1cccc(OC(C)C(=O)NCC(=O)Nc2ccc(F)c(F)c2F)c1. The fraction of sp³-hybridized carbons (Fsp3) is 0.211. The fourth-order valence-electron chi connectivity index (χ4n) is 2.17. The summed E-state index contributed by atoms with van der Waals surface area (Å²) in [5.41, 5.74) is -0.137. The predicted molar refractivity (Wildman–Crippen MR) is 94.5 cm³/mol. The van der Waals surface area contributed by atoms with E-state index in [1.54, 1.807) is 18.2 Å². The lowest BCUT2D eigenvalue weighted by molar-refractivity contribution is -0.129. The lowest BCUT2D eigenvalue weighted by atomic mass is 10.1. The average molecular weight is 394 g/mol. The minimum Gasteiger partial charge on any atom is -0.481 e. The first kappa shape index (κ1) is 20.9. The van der Waals surface area contributed by atoms with Crippen LogP contribution in [0.25, 0.3) is 0 Å². The highest BCUT2D eigenvalue weighted by Crippen LogP contribution is 2.19. The van der Waals surface area contributed by atoms with E-state index in [1.165, 1.54) is 19.9 Å². The molecule has 0 bridgehead atoms. The summed E-state index contributed by atoms with van der Waals surface area (Å²) in [5, 5.41) is 4.30. The minimum atomic E-state index is -1.71. The number of amides is 2. The maximum absolute atomic E-state index is 13.5. The molecule has 0 heterocycles. The summed E-state index contributed by atoms with van der Waals surface area (Å²) in [6.45, 7) is 2.28. The van der Waals surface area contributed by atoms with Crippen molar-refractivity contribution in [1.29, 1.82) is 0 Å². The largest absolute Gasteiger partial charge is 0.481 e. The second-order valence-corrected chi connectivity index (χ2v) is 5.83. The first-order valence-electron chi connectivity index (χ1n) is 8.17. The molecule has 0 aliphatic rings. The molecule has 1 unspecified atom stereocenters. The second kappa shape index (κ2) is 9.03. The molecule has 2 amide bonds. The average Bonchev–Trinajstić information content (AvgIpc) is 2.66. The molecule has 0 aliphatic carbocycles. The summed E-state index contributed by atoms with van der Waals surface area (Å²) in [4.78, 5) is 35.2. The molecule has 2 aromatic rings. The van der Waals surface area contributed by atoms with Crippen LogP contribution in [0.2, 0.25) is 0 Å². The molecule has 2 N–H and O–H groups in total. The number of hydrogen-bond acceptors (Lipinski definition) is 4. The van der Waals surface area contributed by atoms with Crippen LogP contribution in [0.4, 0.5) is 18.9 Å². The van der Waals surface area contributed by atoms with E-state index in [4.69, 9.17) is 4.74 Å². The van der Waals surface area contributed by atoms with Gasteiger partial charge in [-0.25, -0.2) is 13.2 Å². The Morgan fingerprint density at radius 1 is 1.07 bits per heavy atom. The van der Waals surface area contributed by atoms with E-state index in [-0.39, 0.29) is 5.78 Å². The first-order chi connectivity index (χ1) is 13.2. The highest BCUT2D eigenvalue weighted by atomic mass is 19.2. The van der Waals surface area contributed by atoms with Gasteiger partial charge in [-0.15, -0.1) is 0 Å². The molecule has 0 radical (unpaired) electrons. The normalized spacial score (nSPS) is 11.5. The van der Waals surface area contributed by atoms with Gasteiger partial charge >= 0.3 is 0 Å². The summed E-state index contributed by atoms with van der Waals surface area (Å²) in [7, 11) is 0. The van der Waals surface area contributed by atoms with Crippen LogP contribution in [0, 0.1) is 17.5 Å². The molecule has 0 aliphatic heterocycles. The Kier molecular flexibility index (Phi) is 6.75. The van der Waals surface area contributed by atoms with Crippen LogP contribution in [0.1, 0.15) is 24.2 Å². The van der Waals surface area contributed by atoms with Gasteiger partial charge in [-0.1, -0.05) is 12.1 Å². The van der Waals surface area contributed by atoms with Gasteiger partial charge < -0.3 is 15.4 Å². The Morgan fingerprint density at radius 2 is 1.79 bits per heavy atom. The molecule has 2 aromatic carbocycles. The molecule has 0 saturated heterocycles. The van der Waals surface area contributed by atoms with Crippen LogP contribution in [0.5, 0.6) is 5.75 Å². The second-order valence-electron chi connectivity index (χ2n) is 5.83. The molecule has 2 rings (SSSR count). The molecule has 0 saturated carbocycles. The lowest BCUT2D eigenvalue weighted by Gasteiger charge is -2.15. The van der Waals surface area contributed by atoms with Gasteiger partial charge in [0.2, 0.25) is 5.91 Å². The van der Waals surface area contributed by atoms with Crippen molar-refractivity contribution < 1.29 is 32.3 Å². The Bertz CT molecular complexity index is 918. The van der Waals surface area contributed by atoms with Gasteiger partial charge in [0.15, 0.2) is 29.3 Å². The van der Waals surface area contributed by atoms with Crippen LogP contribution < -0.4 is 15.4 Å². The van der Waals surface area contributed by atoms with Crippen molar-refractivity contribution in [2.45, 2.75) is 20.0 Å². The standard InChI is InChI=1S/C19H17F3N2O4/c1-10(25)12-4-3-5-13(8-12)28-11(2)19(27)23-9-16(26)24-15-7-6-14(20)17(21)18(15)22/h3-8,11H,9H2,1-2H3,(H,23,27)(H,24,26). The summed E-state index contributed by atoms with van der Waals surface area (Å²) in [6, 6.07) is 7.76. The van der Waals surface area contributed by atoms with E-state index in [0.29, 0.717) is 17.4 Å². The fourth-order valence-corrected chi connectivity index (χ4v) is 2.17. The summed E-state index contributed by atoms with van der Waals surface area (Å²) >= 11 is 0. The topological polar surface area (TPSA) is 84.5 Å². The van der Waals surface area contributed by atoms with Gasteiger partial charge in [-0.2, -0.15) is 0 Å². The number of ketones is 1. The van der Waals surface area contributed by atoms with Crippen molar-refractivity contribution in [2.24, 2.45) is 0 Å². The van der Waals surface area contributed by atoms with E-state index in [2.05, 4.69) is 5.32 Å². The molecular formula is C19H17F3N2O4. The Balaban J connectivity index is 1.89. The number of carbonyl (C=O) groups is 3. The summed E-state index contributed by atoms with van der Waals surface area (Å²) in [6.07, 6.45) is -0.991. The molecule has 148 valence electrons. The Labute approximate surface area is 158 Å². The van der Waals surface area contributed by atoms with Gasteiger partial charge in [0, 0.05) is 5.56 Å². The molecule has 28 heavy (non-hydrogen) atoms. The number of rotatable bonds is 7. The first-order valence-corrected chi connectivity index (χ1v) is 8.17. The van der Waals surface area contributed by atoms with Crippen LogP contribution in [-0.2, 0) is 9.59 Å². The molecular weight excluding hydrogens is 377 g/mol. The third-order valence-electron chi connectivity index (χ3n) is 3.66. The number of nitrogens with one attached hydrogen (secondary N) is 2. The van der Waals surface area contributed by atoms with Crippen molar-refractivity contribution in [1.82, 2.24) is 5.32 Å². The molecule has 0 spiro atoms. The van der Waals surface area contributed by atoms with Gasteiger partial charge in [0.1, 0.15) is 5.75 Å². The zero-order valence-corrected chi connectivity index (χ0v) is 15.0. The maximum Gasteiger partial charge on any atom is 0.261 e. The van der Waals surface area contributed by atoms with E-state index < -0.39 is 47.6 Å². The highest BCUT2D eigenvalue weighted by Gasteiger charge is 2.18. The molecule has 0 aromatic heterocycles. The number of benzene rings is 2. The monoisotopic (exact) mass is 394 g/mol. The van der Waals surface area contributed by atoms with Crippen molar-refractivity contribution in [3.8, 4) is 5.75 Å². The van der Waals surface area contributed by atoms with Gasteiger partial charge in [0.25, 0.3) is 5.91 Å². The number of hydrogen-bond donors (Lipinski definition) is 2. The number of ether oxygens (including phenoxy) is 1. The minimum absolute atomic E-state index is 0.163. The van der Waals surface area contributed by atoms with Crippen molar-refractivity contribution in [3.63, 3.8) is 0 Å². The quantitative estimate of drug-likeness (QED) is 0.559. The van der Waals surface area contributed by atoms with Crippen LogP contribution in [0.15, 0.2) is 36.4 Å². The predicted octanol–water partition coefficient (Wildman–Crippen LogP) is 2.83. The molecule has 0 fully saturated rings. The van der Waals surface area contributed by atoms with Gasteiger partial charge in [-0.05, 0) is 38.1 Å².